The van der Waals surface area contributed by atoms with Crippen molar-refractivity contribution in [2.75, 3.05) is 26.4 Å². The first-order valence-electron chi connectivity index (χ1n) is 14.9. The summed E-state index contributed by atoms with van der Waals surface area (Å²) >= 11 is 0. The van der Waals surface area contributed by atoms with Gasteiger partial charge in [-0.2, -0.15) is 0 Å². The van der Waals surface area contributed by atoms with Gasteiger partial charge in [0.1, 0.15) is 31.8 Å². The van der Waals surface area contributed by atoms with Crippen LogP contribution in [-0.4, -0.2) is 50.3 Å². The second kappa shape index (κ2) is 24.0. The standard InChI is InChI=1S/C30H54O8/c1-5-9-12-15-19-27(32)36-23-30(22-35-26(31)18-8-4,24-37-28(33)20-16-13-10-6-2)25-38-29(34)21-17-14-11-7-3/h5-25H2,1-4H3. The van der Waals surface area contributed by atoms with Crippen molar-refractivity contribution in [2.24, 2.45) is 5.41 Å². The van der Waals surface area contributed by atoms with E-state index in [1.54, 1.807) is 0 Å². The highest BCUT2D eigenvalue weighted by atomic mass is 16.6. The zero-order chi connectivity index (χ0) is 28.5. The fraction of sp³-hybridized carbons (Fsp3) is 0.867. The molecule has 222 valence electrons. The third kappa shape index (κ3) is 19.9. The van der Waals surface area contributed by atoms with Crippen LogP contribution in [0.4, 0.5) is 0 Å². The molecule has 0 aliphatic carbocycles. The van der Waals surface area contributed by atoms with Crippen molar-refractivity contribution in [3.05, 3.63) is 0 Å². The van der Waals surface area contributed by atoms with E-state index in [0.717, 1.165) is 77.0 Å². The van der Waals surface area contributed by atoms with Gasteiger partial charge in [-0.3, -0.25) is 19.2 Å². The van der Waals surface area contributed by atoms with Gasteiger partial charge in [0, 0.05) is 25.7 Å². The molecule has 0 fully saturated rings. The summed E-state index contributed by atoms with van der Waals surface area (Å²) in [6, 6.07) is 0. The molecule has 0 aromatic rings. The van der Waals surface area contributed by atoms with Gasteiger partial charge >= 0.3 is 23.9 Å². The van der Waals surface area contributed by atoms with E-state index in [-0.39, 0.29) is 70.0 Å². The summed E-state index contributed by atoms with van der Waals surface area (Å²) in [5, 5.41) is 0. The van der Waals surface area contributed by atoms with Crippen LogP contribution in [0.2, 0.25) is 0 Å². The molecule has 0 heterocycles. The molecule has 0 bridgehead atoms. The van der Waals surface area contributed by atoms with Crippen molar-refractivity contribution in [3.63, 3.8) is 0 Å². The molecule has 0 aliphatic rings. The maximum absolute atomic E-state index is 12.4. The topological polar surface area (TPSA) is 105 Å². The number of ether oxygens (including phenoxy) is 4. The third-order valence-corrected chi connectivity index (χ3v) is 6.31. The van der Waals surface area contributed by atoms with Crippen molar-refractivity contribution in [2.45, 2.75) is 137 Å². The number of esters is 4. The number of carbonyl (C=O) groups is 4. The predicted molar refractivity (Wildman–Crippen MR) is 147 cm³/mol. The molecule has 0 saturated heterocycles. The normalized spacial score (nSPS) is 11.2. The summed E-state index contributed by atoms with van der Waals surface area (Å²) in [4.78, 5) is 49.5. The fourth-order valence-electron chi connectivity index (χ4n) is 3.77. The molecule has 0 N–H and O–H groups in total. The molecule has 0 aromatic heterocycles. The molecule has 0 spiro atoms. The molecule has 0 unspecified atom stereocenters. The Kier molecular flexibility index (Phi) is 22.6. The summed E-state index contributed by atoms with van der Waals surface area (Å²) in [5.41, 5.74) is -1.17. The predicted octanol–water partition coefficient (Wildman–Crippen LogP) is 6.86. The van der Waals surface area contributed by atoms with Gasteiger partial charge in [-0.25, -0.2) is 0 Å². The Bertz CT molecular complexity index is 577. The van der Waals surface area contributed by atoms with Gasteiger partial charge in [0.15, 0.2) is 0 Å². The first kappa shape index (κ1) is 35.9. The fourth-order valence-corrected chi connectivity index (χ4v) is 3.77. The smallest absolute Gasteiger partial charge is 0.305 e. The second-order valence-electron chi connectivity index (χ2n) is 10.3. The van der Waals surface area contributed by atoms with E-state index in [0.29, 0.717) is 6.42 Å². The maximum atomic E-state index is 12.4. The van der Waals surface area contributed by atoms with E-state index in [2.05, 4.69) is 20.8 Å². The van der Waals surface area contributed by atoms with Crippen LogP contribution < -0.4 is 0 Å². The van der Waals surface area contributed by atoms with E-state index in [1.807, 2.05) is 6.92 Å². The zero-order valence-corrected chi connectivity index (χ0v) is 24.6. The Morgan fingerprint density at radius 2 is 0.684 bits per heavy atom. The van der Waals surface area contributed by atoms with Crippen LogP contribution in [0.5, 0.6) is 0 Å². The average molecular weight is 543 g/mol. The van der Waals surface area contributed by atoms with E-state index < -0.39 is 11.4 Å². The third-order valence-electron chi connectivity index (χ3n) is 6.31. The maximum Gasteiger partial charge on any atom is 0.305 e. The van der Waals surface area contributed by atoms with E-state index in [9.17, 15) is 19.2 Å². The molecule has 38 heavy (non-hydrogen) atoms. The summed E-state index contributed by atoms with van der Waals surface area (Å²) < 4.78 is 22.1. The first-order chi connectivity index (χ1) is 18.3. The number of hydrogen-bond donors (Lipinski definition) is 0. The molecule has 0 aromatic carbocycles. The van der Waals surface area contributed by atoms with Gasteiger partial charge in [-0.05, 0) is 25.7 Å². The minimum Gasteiger partial charge on any atom is -0.465 e. The van der Waals surface area contributed by atoms with Crippen molar-refractivity contribution in [1.82, 2.24) is 0 Å². The molecule has 8 nitrogen and oxygen atoms in total. The van der Waals surface area contributed by atoms with Gasteiger partial charge in [0.25, 0.3) is 0 Å². The Labute approximate surface area is 230 Å². The summed E-state index contributed by atoms with van der Waals surface area (Å²) in [6.45, 7) is 7.46. The Hall–Kier alpha value is -2.12. The van der Waals surface area contributed by atoms with E-state index in [1.165, 1.54) is 0 Å². The van der Waals surface area contributed by atoms with E-state index in [4.69, 9.17) is 18.9 Å². The highest BCUT2D eigenvalue weighted by Crippen LogP contribution is 2.23. The Morgan fingerprint density at radius 3 is 0.947 bits per heavy atom. The average Bonchev–Trinajstić information content (AvgIpc) is 2.91. The number of hydrogen-bond acceptors (Lipinski definition) is 8. The molecule has 0 aliphatic heterocycles. The highest BCUT2D eigenvalue weighted by Gasteiger charge is 2.37. The SMILES string of the molecule is CCCCCCC(=O)OCC(COC(=O)CCC)(COC(=O)CCCCCC)COC(=O)CCCCCC. The highest BCUT2D eigenvalue weighted by molar-refractivity contribution is 5.71. The lowest BCUT2D eigenvalue weighted by Gasteiger charge is -2.31. The van der Waals surface area contributed by atoms with Gasteiger partial charge in [-0.15, -0.1) is 0 Å². The zero-order valence-electron chi connectivity index (χ0n) is 24.6. The molecule has 0 amide bonds. The quantitative estimate of drug-likeness (QED) is 0.0700. The molecule has 0 rings (SSSR count). The van der Waals surface area contributed by atoms with Crippen molar-refractivity contribution >= 4 is 23.9 Å². The molecule has 0 atom stereocenters. The van der Waals surface area contributed by atoms with Crippen molar-refractivity contribution < 1.29 is 38.1 Å². The Balaban J connectivity index is 5.38. The number of rotatable bonds is 25. The second-order valence-corrected chi connectivity index (χ2v) is 10.3. The summed E-state index contributed by atoms with van der Waals surface area (Å²) in [7, 11) is 0. The molecular weight excluding hydrogens is 488 g/mol. The van der Waals surface area contributed by atoms with Crippen molar-refractivity contribution in [3.8, 4) is 0 Å². The van der Waals surface area contributed by atoms with Crippen LogP contribution >= 0.6 is 0 Å². The lowest BCUT2D eigenvalue weighted by atomic mass is 9.92. The number of carbonyl (C=O) groups excluding carboxylic acids is 4. The van der Waals surface area contributed by atoms with Crippen LogP contribution in [0.3, 0.4) is 0 Å². The molecule has 8 heteroatoms. The molecule has 0 radical (unpaired) electrons. The Morgan fingerprint density at radius 1 is 0.395 bits per heavy atom. The summed E-state index contributed by atoms with van der Waals surface area (Å²) in [5.74, 6) is -1.52. The van der Waals surface area contributed by atoms with Crippen LogP contribution in [0.1, 0.15) is 137 Å². The van der Waals surface area contributed by atoms with Gasteiger partial charge in [-0.1, -0.05) is 85.5 Å². The monoisotopic (exact) mass is 542 g/mol. The van der Waals surface area contributed by atoms with Gasteiger partial charge in [0.2, 0.25) is 0 Å². The largest absolute Gasteiger partial charge is 0.465 e. The van der Waals surface area contributed by atoms with Gasteiger partial charge in [0.05, 0.1) is 0 Å². The van der Waals surface area contributed by atoms with Crippen LogP contribution in [-0.2, 0) is 38.1 Å². The minimum absolute atomic E-state index is 0.175. The summed E-state index contributed by atoms with van der Waals surface area (Å²) in [6.07, 6.45) is 13.0. The van der Waals surface area contributed by atoms with Crippen molar-refractivity contribution in [1.29, 1.82) is 0 Å². The minimum atomic E-state index is -1.17. The van der Waals surface area contributed by atoms with Gasteiger partial charge < -0.3 is 18.9 Å². The first-order valence-corrected chi connectivity index (χ1v) is 14.9. The lowest BCUT2D eigenvalue weighted by Crippen LogP contribution is -2.44. The lowest BCUT2D eigenvalue weighted by molar-refractivity contribution is -0.170. The van der Waals surface area contributed by atoms with E-state index >= 15 is 0 Å². The van der Waals surface area contributed by atoms with Crippen LogP contribution in [0.25, 0.3) is 0 Å². The van der Waals surface area contributed by atoms with Crippen LogP contribution in [0.15, 0.2) is 0 Å². The molecular formula is C30H54O8. The van der Waals surface area contributed by atoms with Crippen LogP contribution in [0, 0.1) is 5.41 Å². The molecule has 0 saturated carbocycles. The number of unbranched alkanes of at least 4 members (excludes halogenated alkanes) is 9.